The summed E-state index contributed by atoms with van der Waals surface area (Å²) in [4.78, 5) is 75.1. The number of anilines is 1. The number of aromatic nitrogens is 4. The average molecular weight is 841 g/mol. The summed E-state index contributed by atoms with van der Waals surface area (Å²) in [7, 11) is 8.89. The number of rotatable bonds is 6. The molecule has 4 aromatic rings. The van der Waals surface area contributed by atoms with Gasteiger partial charge in [0.15, 0.2) is 11.2 Å². The van der Waals surface area contributed by atoms with Crippen molar-refractivity contribution in [3.63, 3.8) is 0 Å². The molecule has 4 heterocycles. The molecule has 3 fully saturated rings. The number of carbonyl (C=O) groups is 4. The van der Waals surface area contributed by atoms with Crippen LogP contribution in [-0.4, -0.2) is 79.2 Å². The number of likely N-dealkylation sites (N-methyl/N-ethyl adjacent to an activating group) is 1. The van der Waals surface area contributed by atoms with E-state index in [1.807, 2.05) is 13.8 Å². The van der Waals surface area contributed by atoms with Gasteiger partial charge in [0.2, 0.25) is 17.7 Å². The number of urea groups is 1. The fraction of sp³-hybridized carbons (Fsp3) is 0.489. The molecule has 2 aromatic carbocycles. The third-order valence-electron chi connectivity index (χ3n) is 13.0. The molecule has 2 saturated heterocycles. The first kappa shape index (κ1) is 46.0. The van der Waals surface area contributed by atoms with Gasteiger partial charge in [-0.25, -0.2) is 14.6 Å². The van der Waals surface area contributed by atoms with Gasteiger partial charge >= 0.3 is 11.7 Å². The van der Waals surface area contributed by atoms with Crippen molar-refractivity contribution in [2.75, 3.05) is 26.0 Å². The number of ether oxygens (including phenoxy) is 1. The maximum absolute atomic E-state index is 11.9. The van der Waals surface area contributed by atoms with E-state index in [2.05, 4.69) is 57.7 Å². The van der Waals surface area contributed by atoms with Crippen LogP contribution >= 0.6 is 0 Å². The van der Waals surface area contributed by atoms with Crippen molar-refractivity contribution in [3.8, 4) is 11.5 Å². The highest BCUT2D eigenvalue weighted by Crippen LogP contribution is 2.56. The van der Waals surface area contributed by atoms with E-state index in [-0.39, 0.29) is 35.2 Å². The Morgan fingerprint density at radius 3 is 2.30 bits per heavy atom. The lowest BCUT2D eigenvalue weighted by atomic mass is 9.52. The number of imidazole rings is 1. The minimum atomic E-state index is -1.20. The summed E-state index contributed by atoms with van der Waals surface area (Å²) >= 11 is 0. The second kappa shape index (κ2) is 19.1. The number of methoxy groups -OCH3 is 1. The molecule has 2 bridgehead atoms. The van der Waals surface area contributed by atoms with Gasteiger partial charge in [-0.05, 0) is 105 Å². The van der Waals surface area contributed by atoms with Gasteiger partial charge in [-0.1, -0.05) is 45.3 Å². The van der Waals surface area contributed by atoms with Gasteiger partial charge in [-0.15, -0.1) is 6.58 Å². The van der Waals surface area contributed by atoms with Crippen LogP contribution in [0.3, 0.4) is 0 Å². The number of phenols is 1. The third-order valence-corrected chi connectivity index (χ3v) is 13.0. The number of amides is 5. The summed E-state index contributed by atoms with van der Waals surface area (Å²) < 4.78 is 9.54. The Labute approximate surface area is 356 Å². The molecular formula is C45H60N8O8. The normalized spacial score (nSPS) is 21.5. The summed E-state index contributed by atoms with van der Waals surface area (Å²) in [5, 5.41) is 15.7. The van der Waals surface area contributed by atoms with Crippen molar-refractivity contribution >= 4 is 40.6 Å². The van der Waals surface area contributed by atoms with Gasteiger partial charge in [-0.3, -0.25) is 38.9 Å². The van der Waals surface area contributed by atoms with Crippen molar-refractivity contribution in [2.24, 2.45) is 38.4 Å². The first-order valence-corrected chi connectivity index (χ1v) is 20.7. The van der Waals surface area contributed by atoms with Crippen molar-refractivity contribution in [1.82, 2.24) is 34.2 Å². The van der Waals surface area contributed by atoms with Crippen molar-refractivity contribution in [3.05, 3.63) is 93.4 Å². The first-order chi connectivity index (χ1) is 28.9. The predicted molar refractivity (Wildman–Crippen MR) is 233 cm³/mol. The highest BCUT2D eigenvalue weighted by Gasteiger charge is 2.54. The van der Waals surface area contributed by atoms with Crippen LogP contribution in [0.2, 0.25) is 0 Å². The molecule has 16 heteroatoms. The number of fused-ring (bicyclic) bond motifs is 2. The van der Waals surface area contributed by atoms with Gasteiger partial charge in [-0.2, -0.15) is 0 Å². The average Bonchev–Trinajstić information content (AvgIpc) is 3.64. The van der Waals surface area contributed by atoms with E-state index in [1.54, 1.807) is 49.0 Å². The topological polar surface area (TPSA) is 199 Å². The number of imide groups is 2. The van der Waals surface area contributed by atoms with Gasteiger partial charge in [0.05, 0.1) is 13.4 Å². The van der Waals surface area contributed by atoms with Crippen molar-refractivity contribution < 1.29 is 29.0 Å². The van der Waals surface area contributed by atoms with Gasteiger partial charge in [0.25, 0.3) is 5.56 Å². The van der Waals surface area contributed by atoms with Crippen molar-refractivity contribution in [2.45, 2.75) is 83.6 Å². The fourth-order valence-corrected chi connectivity index (χ4v) is 9.50. The molecule has 2 aliphatic heterocycles. The number of benzene rings is 2. The first-order valence-electron chi connectivity index (χ1n) is 20.7. The lowest BCUT2D eigenvalue weighted by molar-refractivity contribution is -0.148. The largest absolute Gasteiger partial charge is 0.508 e. The smallest absolute Gasteiger partial charge is 0.332 e. The predicted octanol–water partition coefficient (Wildman–Crippen LogP) is 4.67. The summed E-state index contributed by atoms with van der Waals surface area (Å²) in [5.41, 5.74) is 3.34. The zero-order valence-corrected chi connectivity index (χ0v) is 36.5. The number of hydrogen-bond acceptors (Lipinski definition) is 10. The molecule has 0 spiro atoms. The Kier molecular flexibility index (Phi) is 14.4. The lowest BCUT2D eigenvalue weighted by Crippen LogP contribution is -2.64. The van der Waals surface area contributed by atoms with E-state index < -0.39 is 23.3 Å². The van der Waals surface area contributed by atoms with Crippen LogP contribution in [0, 0.1) is 17.3 Å². The fourth-order valence-electron chi connectivity index (χ4n) is 9.50. The zero-order chi connectivity index (χ0) is 44.8. The molecule has 4 aliphatic rings. The van der Waals surface area contributed by atoms with E-state index in [1.165, 1.54) is 88.1 Å². The number of hydrogen-bond donors (Lipinski definition) is 4. The molecule has 16 nitrogen and oxygen atoms in total. The van der Waals surface area contributed by atoms with Gasteiger partial charge in [0.1, 0.15) is 16.9 Å². The number of nitrogens with zero attached hydrogens (tertiary/aromatic N) is 5. The Morgan fingerprint density at radius 2 is 1.69 bits per heavy atom. The molecule has 8 rings (SSSR count). The number of likely N-dealkylation sites (tertiary alicyclic amines) is 1. The van der Waals surface area contributed by atoms with Crippen LogP contribution in [0.5, 0.6) is 11.5 Å². The van der Waals surface area contributed by atoms with Gasteiger partial charge in [0, 0.05) is 45.2 Å². The SMILES string of the molecule is C=CCC1(C(C)CC)C(=O)NC(=O)NC1=O.CC(=O)Nc1ccc(O)cc1.COc1ccc2c(c1)[C@]13CCCC[C@@H]1[C@H](C2)N(C)CC3.Cn1c(=O)c2c(ncn2C)n(C)c1=O. The summed E-state index contributed by atoms with van der Waals surface area (Å²) in [6, 6.07) is 13.2. The van der Waals surface area contributed by atoms with E-state index in [0.29, 0.717) is 28.7 Å². The molecule has 2 aliphatic carbocycles. The Balaban J connectivity index is 0.000000158. The number of nitrogens with one attached hydrogen (secondary N) is 3. The second-order valence-electron chi connectivity index (χ2n) is 16.5. The number of piperidine rings is 1. The van der Waals surface area contributed by atoms with E-state index >= 15 is 0 Å². The standard InChI is InChI=1S/C18H25NO.C11H16N2O3.C8H10N4O2.C8H9NO2/c1-19-10-9-18-8-4-3-5-15(18)17(19)11-13-6-7-14(20-2)12-16(13)18;1-4-6-11(7(3)5-2)8(14)12-10(16)13-9(11)15;1-10-4-9-6-5(10)7(13)12(3)8(14)11(6)2;1-6(10)9-7-2-4-8(11)5-3-7/h6-7,12,15,17H,3-5,8-11H2,1-2H3;4,7H,1,5-6H2,2-3H3,(H2,12,13,14,15,16);4H,1-3H3;2-5,11H,1H3,(H,9,10)/t15-,17+,18+;;;/m1.../s1. The molecule has 61 heavy (non-hydrogen) atoms. The number of aromatic hydroxyl groups is 1. The zero-order valence-electron chi connectivity index (χ0n) is 36.5. The molecule has 5 amide bonds. The molecule has 4 atom stereocenters. The monoisotopic (exact) mass is 840 g/mol. The molecular weight excluding hydrogens is 781 g/mol. The molecule has 4 N–H and O–H groups in total. The molecule has 328 valence electrons. The van der Waals surface area contributed by atoms with Crippen LogP contribution < -0.4 is 31.9 Å². The number of phenolic OH excluding ortho intramolecular Hbond substituents is 1. The van der Waals surface area contributed by atoms with Crippen LogP contribution in [-0.2, 0) is 47.4 Å². The van der Waals surface area contributed by atoms with Crippen LogP contribution in [0.15, 0.2) is 71.0 Å². The minimum Gasteiger partial charge on any atom is -0.508 e. The Hall–Kier alpha value is -6.03. The van der Waals surface area contributed by atoms with Crippen molar-refractivity contribution in [1.29, 1.82) is 0 Å². The molecule has 1 saturated carbocycles. The third kappa shape index (κ3) is 9.19. The van der Waals surface area contributed by atoms with E-state index in [0.717, 1.165) is 22.3 Å². The summed E-state index contributed by atoms with van der Waals surface area (Å²) in [5.74, 6) is 0.772. The molecule has 2 aromatic heterocycles. The number of allylic oxidation sites excluding steroid dienone is 1. The Bertz CT molecular complexity index is 2380. The lowest BCUT2D eigenvalue weighted by Gasteiger charge is -2.58. The highest BCUT2D eigenvalue weighted by molar-refractivity contribution is 6.19. The number of barbiturate groups is 1. The minimum absolute atomic E-state index is 0.115. The number of carbonyl (C=O) groups excluding carboxylic acids is 4. The van der Waals surface area contributed by atoms with Crippen LogP contribution in [0.4, 0.5) is 10.5 Å². The highest BCUT2D eigenvalue weighted by atomic mass is 16.5. The molecule has 0 radical (unpaired) electrons. The number of aryl methyl sites for hydroxylation is 2. The maximum Gasteiger partial charge on any atom is 0.332 e. The van der Waals surface area contributed by atoms with E-state index in [4.69, 9.17) is 9.84 Å². The quantitative estimate of drug-likeness (QED) is 0.120. The van der Waals surface area contributed by atoms with Crippen LogP contribution in [0.25, 0.3) is 11.2 Å². The van der Waals surface area contributed by atoms with Crippen LogP contribution in [0.1, 0.15) is 76.8 Å². The summed E-state index contributed by atoms with van der Waals surface area (Å²) in [6.45, 7) is 9.97. The Morgan fingerprint density at radius 1 is 1.02 bits per heavy atom. The second-order valence-corrected chi connectivity index (χ2v) is 16.5. The summed E-state index contributed by atoms with van der Waals surface area (Å²) in [6.07, 6.45) is 12.2. The van der Waals surface area contributed by atoms with E-state index in [9.17, 15) is 28.8 Å². The molecule has 1 unspecified atom stereocenters. The maximum atomic E-state index is 11.9. The van der Waals surface area contributed by atoms with Gasteiger partial charge < -0.3 is 24.6 Å².